The van der Waals surface area contributed by atoms with Gasteiger partial charge in [0, 0.05) is 19.0 Å². The fourth-order valence-corrected chi connectivity index (χ4v) is 3.08. The zero-order chi connectivity index (χ0) is 14.9. The average molecular weight is 281 g/mol. The van der Waals surface area contributed by atoms with Crippen LogP contribution in [0.3, 0.4) is 0 Å². The Morgan fingerprint density at radius 1 is 1.10 bits per heavy atom. The van der Waals surface area contributed by atoms with Gasteiger partial charge in [-0.15, -0.1) is 0 Å². The molecule has 0 saturated carbocycles. The Bertz CT molecular complexity index is 610. The molecule has 1 aliphatic rings. The molecule has 0 aromatic heterocycles. The first-order valence-electron chi connectivity index (χ1n) is 7.70. The molecule has 0 amide bonds. The van der Waals surface area contributed by atoms with E-state index in [0.717, 1.165) is 12.1 Å². The highest BCUT2D eigenvalue weighted by Gasteiger charge is 2.35. The Labute approximate surface area is 127 Å². The van der Waals surface area contributed by atoms with Crippen molar-refractivity contribution in [2.75, 3.05) is 13.6 Å². The summed E-state index contributed by atoms with van der Waals surface area (Å²) in [6.07, 6.45) is 1.39. The van der Waals surface area contributed by atoms with E-state index >= 15 is 0 Å². The Balaban J connectivity index is 1.91. The molecule has 0 aliphatic carbocycles. The smallest absolute Gasteiger partial charge is 0.0934 e. The molecule has 1 aliphatic heterocycles. The fraction of sp³-hybridized carbons (Fsp3) is 0.368. The van der Waals surface area contributed by atoms with Crippen LogP contribution < -0.4 is 0 Å². The summed E-state index contributed by atoms with van der Waals surface area (Å²) in [5.74, 6) is 0. The van der Waals surface area contributed by atoms with E-state index in [1.807, 2.05) is 30.3 Å². The lowest BCUT2D eigenvalue weighted by atomic mass is 9.83. The van der Waals surface area contributed by atoms with Crippen molar-refractivity contribution in [3.63, 3.8) is 0 Å². The third-order valence-corrected chi connectivity index (χ3v) is 4.65. The molecule has 2 nitrogen and oxygen atoms in total. The predicted octanol–water partition coefficient (Wildman–Crippen LogP) is 3.51. The van der Waals surface area contributed by atoms with E-state index in [2.05, 4.69) is 43.1 Å². The van der Waals surface area contributed by atoms with Gasteiger partial charge in [-0.1, -0.05) is 61.5 Å². The summed E-state index contributed by atoms with van der Waals surface area (Å²) in [5, 5.41) is 11.1. The number of nitrogens with zero attached hydrogens (tertiary/aromatic N) is 1. The molecule has 0 spiro atoms. The summed E-state index contributed by atoms with van der Waals surface area (Å²) in [6, 6.07) is 19.1. The number of hydrogen-bond acceptors (Lipinski definition) is 2. The average Bonchev–Trinajstić information content (AvgIpc) is 3.25. The van der Waals surface area contributed by atoms with Gasteiger partial charge in [0.15, 0.2) is 0 Å². The van der Waals surface area contributed by atoms with Gasteiger partial charge in [0.2, 0.25) is 0 Å². The van der Waals surface area contributed by atoms with E-state index in [-0.39, 0.29) is 0 Å². The Morgan fingerprint density at radius 3 is 2.33 bits per heavy atom. The van der Waals surface area contributed by atoms with Crippen LogP contribution in [0.15, 0.2) is 54.6 Å². The maximum atomic E-state index is 11.1. The van der Waals surface area contributed by atoms with Crippen molar-refractivity contribution < 1.29 is 5.11 Å². The monoisotopic (exact) mass is 281 g/mol. The maximum Gasteiger partial charge on any atom is 0.0934 e. The molecule has 3 unspecified atom stereocenters. The summed E-state index contributed by atoms with van der Waals surface area (Å²) in [6.45, 7) is 3.17. The third kappa shape index (κ3) is 2.87. The molecular formula is C19H23NO. The van der Waals surface area contributed by atoms with Gasteiger partial charge >= 0.3 is 0 Å². The first-order valence-corrected chi connectivity index (χ1v) is 7.70. The van der Waals surface area contributed by atoms with Crippen LogP contribution >= 0.6 is 0 Å². The molecule has 0 radical (unpaired) electrons. The highest BCUT2D eigenvalue weighted by Crippen LogP contribution is 2.37. The van der Waals surface area contributed by atoms with Gasteiger partial charge in [-0.3, -0.25) is 4.90 Å². The molecule has 21 heavy (non-hydrogen) atoms. The van der Waals surface area contributed by atoms with E-state index in [1.165, 1.54) is 11.1 Å². The van der Waals surface area contributed by atoms with Gasteiger partial charge in [0.05, 0.1) is 5.60 Å². The first-order chi connectivity index (χ1) is 10.1. The summed E-state index contributed by atoms with van der Waals surface area (Å²) in [7, 11) is 2.14. The van der Waals surface area contributed by atoms with Crippen LogP contribution in [0, 0.1) is 0 Å². The number of likely N-dealkylation sites (N-methyl/N-ethyl adjacent to an activating group) is 1. The lowest BCUT2D eigenvalue weighted by molar-refractivity contribution is 0.0325. The van der Waals surface area contributed by atoms with Gasteiger partial charge in [0.1, 0.15) is 0 Å². The molecule has 2 aromatic carbocycles. The largest absolute Gasteiger partial charge is 0.385 e. The van der Waals surface area contributed by atoms with Crippen LogP contribution in [-0.2, 0) is 12.0 Å². The molecule has 110 valence electrons. The highest BCUT2D eigenvalue weighted by molar-refractivity contribution is 5.36. The SMILES string of the molecule is CCC(O)(Cc1ccccc1C1CN1C)c1ccccc1. The normalized spacial score (nSPS) is 23.6. The third-order valence-electron chi connectivity index (χ3n) is 4.65. The van der Waals surface area contributed by atoms with Crippen molar-refractivity contribution in [3.05, 3.63) is 71.3 Å². The van der Waals surface area contributed by atoms with Crippen LogP contribution in [0.1, 0.15) is 36.1 Å². The molecule has 3 rings (SSSR count). The molecule has 3 atom stereocenters. The maximum absolute atomic E-state index is 11.1. The van der Waals surface area contributed by atoms with Crippen molar-refractivity contribution in [2.45, 2.75) is 31.4 Å². The van der Waals surface area contributed by atoms with Gasteiger partial charge < -0.3 is 5.11 Å². The minimum Gasteiger partial charge on any atom is -0.385 e. The number of rotatable bonds is 5. The molecule has 0 bridgehead atoms. The van der Waals surface area contributed by atoms with Gasteiger partial charge in [-0.2, -0.15) is 0 Å². The topological polar surface area (TPSA) is 23.2 Å². The van der Waals surface area contributed by atoms with E-state index in [1.54, 1.807) is 0 Å². The van der Waals surface area contributed by atoms with Gasteiger partial charge in [-0.25, -0.2) is 0 Å². The second-order valence-electron chi connectivity index (χ2n) is 6.08. The van der Waals surface area contributed by atoms with E-state index in [9.17, 15) is 5.11 Å². The zero-order valence-electron chi connectivity index (χ0n) is 12.8. The second kappa shape index (κ2) is 5.63. The predicted molar refractivity (Wildman–Crippen MR) is 86.1 cm³/mol. The lowest BCUT2D eigenvalue weighted by Gasteiger charge is -2.28. The molecule has 2 aromatic rings. The van der Waals surface area contributed by atoms with Crippen LogP contribution in [0.25, 0.3) is 0 Å². The standard InChI is InChI=1S/C19H23NO/c1-3-19(21,16-10-5-4-6-11-16)13-15-9-7-8-12-17(15)18-14-20(18)2/h4-12,18,21H,3,13-14H2,1-2H3. The first kappa shape index (κ1) is 14.3. The fourth-order valence-electron chi connectivity index (χ4n) is 3.08. The van der Waals surface area contributed by atoms with Crippen LogP contribution in [0.5, 0.6) is 0 Å². The van der Waals surface area contributed by atoms with Gasteiger partial charge in [0.25, 0.3) is 0 Å². The molecule has 1 fully saturated rings. The molecular weight excluding hydrogens is 258 g/mol. The number of benzene rings is 2. The zero-order valence-corrected chi connectivity index (χ0v) is 12.8. The Hall–Kier alpha value is -1.64. The van der Waals surface area contributed by atoms with Crippen LogP contribution in [0.2, 0.25) is 0 Å². The van der Waals surface area contributed by atoms with Crippen molar-refractivity contribution in [1.82, 2.24) is 4.90 Å². The lowest BCUT2D eigenvalue weighted by Crippen LogP contribution is -2.28. The second-order valence-corrected chi connectivity index (χ2v) is 6.08. The summed E-state index contributed by atoms with van der Waals surface area (Å²) < 4.78 is 0. The molecule has 2 heteroatoms. The molecule has 1 saturated heterocycles. The molecule has 1 N–H and O–H groups in total. The quantitative estimate of drug-likeness (QED) is 0.848. The minimum absolute atomic E-state index is 0.526. The highest BCUT2D eigenvalue weighted by atomic mass is 16.3. The van der Waals surface area contributed by atoms with Crippen LogP contribution in [-0.4, -0.2) is 23.6 Å². The summed E-state index contributed by atoms with van der Waals surface area (Å²) in [5.41, 5.74) is 2.85. The van der Waals surface area contributed by atoms with Gasteiger partial charge in [-0.05, 0) is 30.2 Å². The van der Waals surface area contributed by atoms with Crippen molar-refractivity contribution in [3.8, 4) is 0 Å². The molecule has 1 heterocycles. The van der Waals surface area contributed by atoms with E-state index < -0.39 is 5.60 Å². The van der Waals surface area contributed by atoms with Crippen molar-refractivity contribution in [1.29, 1.82) is 0 Å². The van der Waals surface area contributed by atoms with Crippen LogP contribution in [0.4, 0.5) is 0 Å². The summed E-state index contributed by atoms with van der Waals surface area (Å²) >= 11 is 0. The van der Waals surface area contributed by atoms with E-state index in [0.29, 0.717) is 18.9 Å². The Morgan fingerprint density at radius 2 is 1.71 bits per heavy atom. The summed E-state index contributed by atoms with van der Waals surface area (Å²) in [4.78, 5) is 2.33. The number of hydrogen-bond donors (Lipinski definition) is 1. The van der Waals surface area contributed by atoms with Crippen molar-refractivity contribution >= 4 is 0 Å². The Kier molecular flexibility index (Phi) is 3.83. The van der Waals surface area contributed by atoms with E-state index in [4.69, 9.17) is 0 Å². The number of aliphatic hydroxyl groups is 1. The van der Waals surface area contributed by atoms with Crippen molar-refractivity contribution in [2.24, 2.45) is 0 Å². The minimum atomic E-state index is -0.787.